The van der Waals surface area contributed by atoms with E-state index in [2.05, 4.69) is 0 Å². The van der Waals surface area contributed by atoms with E-state index in [0.29, 0.717) is 18.3 Å². The van der Waals surface area contributed by atoms with E-state index in [1.54, 1.807) is 0 Å². The molecule has 0 aromatic carbocycles. The number of imide groups is 4. The SMILES string of the molecule is O=C1C=CC(=O)N1C1C(C2CCC3(C2)CC2CCCCCC23)C(N2C(=O)C=CC2=O)C(N2C(=O)C=CC2=O)C1N1C(=O)C=CC1=O. The minimum Gasteiger partial charge on any atom is -0.270 e. The van der Waals surface area contributed by atoms with Crippen LogP contribution in [0, 0.1) is 29.1 Å². The van der Waals surface area contributed by atoms with Crippen LogP contribution in [-0.4, -0.2) is 91.0 Å². The van der Waals surface area contributed by atoms with Gasteiger partial charge in [0.1, 0.15) is 0 Å². The van der Waals surface area contributed by atoms with Gasteiger partial charge in [-0.25, -0.2) is 0 Å². The number of fused-ring (bicyclic) bond motifs is 2. The average Bonchev–Trinajstić information content (AvgIpc) is 3.84. The van der Waals surface area contributed by atoms with E-state index < -0.39 is 77.3 Å². The maximum Gasteiger partial charge on any atom is 0.254 e. The van der Waals surface area contributed by atoms with E-state index in [4.69, 9.17) is 0 Å². The number of hydrogen-bond donors (Lipinski definition) is 0. The topological polar surface area (TPSA) is 150 Å². The van der Waals surface area contributed by atoms with Crippen molar-refractivity contribution in [3.63, 3.8) is 0 Å². The van der Waals surface area contributed by atoms with Crippen molar-refractivity contribution in [1.29, 1.82) is 0 Å². The summed E-state index contributed by atoms with van der Waals surface area (Å²) in [7, 11) is 0. The first-order valence-corrected chi connectivity index (χ1v) is 16.3. The lowest BCUT2D eigenvalue weighted by Crippen LogP contribution is -2.63. The fraction of sp³-hybridized carbons (Fsp3) is 0.529. The highest BCUT2D eigenvalue weighted by Crippen LogP contribution is 2.67. The normalized spacial score (nSPS) is 40.2. The van der Waals surface area contributed by atoms with Gasteiger partial charge in [-0.1, -0.05) is 25.7 Å². The number of nitrogens with zero attached hydrogens (tertiary/aromatic N) is 4. The van der Waals surface area contributed by atoms with Gasteiger partial charge in [-0.3, -0.25) is 58.0 Å². The molecule has 0 bridgehead atoms. The highest BCUT2D eigenvalue weighted by Gasteiger charge is 2.68. The van der Waals surface area contributed by atoms with Crippen molar-refractivity contribution in [2.45, 2.75) is 82.0 Å². The highest BCUT2D eigenvalue weighted by atomic mass is 16.2. The fourth-order valence-electron chi connectivity index (χ4n) is 10.7. The molecule has 0 aromatic heterocycles. The predicted molar refractivity (Wildman–Crippen MR) is 157 cm³/mol. The molecule has 8 amide bonds. The largest absolute Gasteiger partial charge is 0.270 e. The summed E-state index contributed by atoms with van der Waals surface area (Å²) < 4.78 is 0. The first kappa shape index (κ1) is 29.0. The van der Waals surface area contributed by atoms with Crippen molar-refractivity contribution < 1.29 is 38.4 Å². The Morgan fingerprint density at radius 2 is 0.804 bits per heavy atom. The summed E-state index contributed by atoms with van der Waals surface area (Å²) in [5.74, 6) is -5.45. The molecule has 1 spiro atoms. The van der Waals surface area contributed by atoms with Gasteiger partial charge in [0, 0.05) is 54.5 Å². The molecule has 4 aliphatic carbocycles. The van der Waals surface area contributed by atoms with Crippen molar-refractivity contribution in [1.82, 2.24) is 19.6 Å². The van der Waals surface area contributed by atoms with Gasteiger partial charge in [-0.15, -0.1) is 0 Å². The molecule has 4 aliphatic heterocycles. The summed E-state index contributed by atoms with van der Waals surface area (Å²) in [5.41, 5.74) is 0.0403. The van der Waals surface area contributed by atoms with Gasteiger partial charge < -0.3 is 0 Å². The molecule has 12 nitrogen and oxygen atoms in total. The third-order valence-corrected chi connectivity index (χ3v) is 12.2. The smallest absolute Gasteiger partial charge is 0.254 e. The predicted octanol–water partition coefficient (Wildman–Crippen LogP) is 1.18. The van der Waals surface area contributed by atoms with Crippen LogP contribution in [0.25, 0.3) is 0 Å². The van der Waals surface area contributed by atoms with Crippen molar-refractivity contribution in [3.05, 3.63) is 48.6 Å². The fourth-order valence-corrected chi connectivity index (χ4v) is 10.7. The lowest BCUT2D eigenvalue weighted by Gasteiger charge is -2.54. The van der Waals surface area contributed by atoms with Crippen LogP contribution in [0.2, 0.25) is 0 Å². The van der Waals surface area contributed by atoms with Gasteiger partial charge in [0.25, 0.3) is 47.3 Å². The summed E-state index contributed by atoms with van der Waals surface area (Å²) in [5, 5.41) is 0. The molecule has 12 heteroatoms. The first-order valence-electron chi connectivity index (χ1n) is 16.3. The van der Waals surface area contributed by atoms with Gasteiger partial charge in [-0.2, -0.15) is 0 Å². The van der Waals surface area contributed by atoms with Crippen LogP contribution in [0.3, 0.4) is 0 Å². The number of amides is 8. The molecule has 238 valence electrons. The Hall–Kier alpha value is -4.48. The van der Waals surface area contributed by atoms with Gasteiger partial charge in [0.2, 0.25) is 0 Å². The third-order valence-electron chi connectivity index (χ3n) is 12.2. The van der Waals surface area contributed by atoms with Crippen LogP contribution in [0.4, 0.5) is 0 Å². The van der Waals surface area contributed by atoms with E-state index in [-0.39, 0.29) is 11.3 Å². The number of carbonyl (C=O) groups excluding carboxylic acids is 8. The van der Waals surface area contributed by atoms with Crippen LogP contribution >= 0.6 is 0 Å². The molecule has 0 saturated heterocycles. The first-order chi connectivity index (χ1) is 22.1. The molecule has 0 radical (unpaired) electrons. The molecule has 8 aliphatic rings. The maximum absolute atomic E-state index is 13.5. The Bertz CT molecular complexity index is 1480. The summed E-state index contributed by atoms with van der Waals surface area (Å²) >= 11 is 0. The van der Waals surface area contributed by atoms with Crippen LogP contribution in [-0.2, 0) is 38.4 Å². The van der Waals surface area contributed by atoms with Crippen molar-refractivity contribution in [2.75, 3.05) is 0 Å². The monoisotopic (exact) mass is 626 g/mol. The zero-order chi connectivity index (χ0) is 32.1. The quantitative estimate of drug-likeness (QED) is 0.413. The van der Waals surface area contributed by atoms with Gasteiger partial charge in [0.15, 0.2) is 0 Å². The van der Waals surface area contributed by atoms with Crippen molar-refractivity contribution >= 4 is 47.3 Å². The average molecular weight is 627 g/mol. The second-order valence-corrected chi connectivity index (χ2v) is 14.1. The van der Waals surface area contributed by atoms with Crippen LogP contribution < -0.4 is 0 Å². The number of rotatable bonds is 5. The van der Waals surface area contributed by atoms with E-state index >= 15 is 0 Å². The minimum absolute atomic E-state index is 0.0403. The van der Waals surface area contributed by atoms with E-state index in [9.17, 15) is 38.4 Å². The summed E-state index contributed by atoms with van der Waals surface area (Å²) in [4.78, 5) is 111. The maximum atomic E-state index is 13.5. The second-order valence-electron chi connectivity index (χ2n) is 14.1. The molecule has 4 fully saturated rings. The lowest BCUT2D eigenvalue weighted by atomic mass is 9.51. The lowest BCUT2D eigenvalue weighted by molar-refractivity contribution is -0.153. The molecule has 46 heavy (non-hydrogen) atoms. The van der Waals surface area contributed by atoms with Gasteiger partial charge in [-0.05, 0) is 55.3 Å². The van der Waals surface area contributed by atoms with Crippen LogP contribution in [0.5, 0.6) is 0 Å². The van der Waals surface area contributed by atoms with Crippen LogP contribution in [0.15, 0.2) is 48.6 Å². The Morgan fingerprint density at radius 3 is 1.24 bits per heavy atom. The highest BCUT2D eigenvalue weighted by molar-refractivity contribution is 6.17. The Morgan fingerprint density at radius 1 is 0.435 bits per heavy atom. The number of carbonyl (C=O) groups is 8. The zero-order valence-corrected chi connectivity index (χ0v) is 25.2. The molecule has 8 atom stereocenters. The molecule has 8 unspecified atom stereocenters. The molecule has 4 heterocycles. The summed E-state index contributed by atoms with van der Waals surface area (Å²) in [6.45, 7) is 0. The molecule has 8 rings (SSSR count). The molecule has 0 N–H and O–H groups in total. The standard InChI is InChI=1S/C34H34N4O8/c39-21-6-7-22(40)35(21)30-29(19-14-15-34(17-19)16-18-4-2-1-3-5-20(18)34)31(36-23(41)8-9-24(36)42)33(38-27(45)12-13-28(38)46)32(30)37-25(43)10-11-26(37)44/h6-13,18-20,29-33H,1-5,14-17H2. The van der Waals surface area contributed by atoms with Crippen molar-refractivity contribution in [2.24, 2.45) is 29.1 Å². The van der Waals surface area contributed by atoms with Crippen molar-refractivity contribution in [3.8, 4) is 0 Å². The summed E-state index contributed by atoms with van der Waals surface area (Å²) in [6, 6.07) is -5.19. The van der Waals surface area contributed by atoms with Gasteiger partial charge >= 0.3 is 0 Å². The van der Waals surface area contributed by atoms with Crippen LogP contribution in [0.1, 0.15) is 57.8 Å². The van der Waals surface area contributed by atoms with E-state index in [1.165, 1.54) is 19.3 Å². The van der Waals surface area contributed by atoms with E-state index in [0.717, 1.165) is 100 Å². The molecule has 0 aromatic rings. The Kier molecular flexibility index (Phi) is 6.46. The van der Waals surface area contributed by atoms with Gasteiger partial charge in [0.05, 0.1) is 24.2 Å². The number of hydrogen-bond acceptors (Lipinski definition) is 8. The molecule has 4 saturated carbocycles. The van der Waals surface area contributed by atoms with E-state index in [1.807, 2.05) is 0 Å². The Balaban J connectivity index is 1.30. The Labute approximate surface area is 264 Å². The zero-order valence-electron chi connectivity index (χ0n) is 25.2. The summed E-state index contributed by atoms with van der Waals surface area (Å²) in [6.07, 6.45) is 18.0. The molecular weight excluding hydrogens is 592 g/mol. The molecular formula is C34H34N4O8. The third kappa shape index (κ3) is 3.97. The minimum atomic E-state index is -1.39. The second kappa shape index (κ2) is 10.3.